The average molecular weight is 471 g/mol. The van der Waals surface area contributed by atoms with Gasteiger partial charge in [-0.05, 0) is 35.7 Å². The minimum Gasteiger partial charge on any atom is -0.459 e. The van der Waals surface area contributed by atoms with Gasteiger partial charge in [0.05, 0.1) is 17.2 Å². The summed E-state index contributed by atoms with van der Waals surface area (Å²) in [6, 6.07) is 17.7. The number of alkyl halides is 3. The Labute approximate surface area is 196 Å². The molecule has 0 radical (unpaired) electrons. The van der Waals surface area contributed by atoms with Gasteiger partial charge in [0.1, 0.15) is 12.4 Å². The van der Waals surface area contributed by atoms with Gasteiger partial charge in [0.25, 0.3) is 0 Å². The number of carbonyl (C=O) groups is 1. The molecule has 0 amide bonds. The number of rotatable bonds is 8. The average Bonchev–Trinajstić information content (AvgIpc) is 2.79. The molecule has 3 nitrogen and oxygen atoms in total. The number of esters is 1. The van der Waals surface area contributed by atoms with Crippen LogP contribution in [-0.2, 0) is 28.7 Å². The zero-order chi connectivity index (χ0) is 24.7. The lowest BCUT2D eigenvalue weighted by Crippen LogP contribution is -2.21. The number of nitrogens with zero attached hydrogens (tertiary/aromatic N) is 1. The lowest BCUT2D eigenvalue weighted by molar-refractivity contribution is -0.149. The third-order valence-electron chi connectivity index (χ3n) is 5.26. The van der Waals surface area contributed by atoms with E-state index in [2.05, 4.69) is 4.98 Å². The van der Waals surface area contributed by atoms with Gasteiger partial charge in [0, 0.05) is 17.7 Å². The number of hydrogen-bond acceptors (Lipinski definition) is 3. The van der Waals surface area contributed by atoms with E-state index in [9.17, 15) is 22.4 Å². The van der Waals surface area contributed by atoms with Crippen LogP contribution in [0.2, 0.25) is 0 Å². The van der Waals surface area contributed by atoms with Crippen molar-refractivity contribution in [1.82, 2.24) is 4.98 Å². The fourth-order valence-electron chi connectivity index (χ4n) is 3.37. The monoisotopic (exact) mass is 471 g/mol. The van der Waals surface area contributed by atoms with Crippen molar-refractivity contribution in [1.29, 1.82) is 0 Å². The van der Waals surface area contributed by atoms with Crippen LogP contribution in [-0.4, -0.2) is 11.0 Å². The van der Waals surface area contributed by atoms with Crippen molar-refractivity contribution in [2.75, 3.05) is 0 Å². The number of carbonyl (C=O) groups excluding carboxylic acids is 1. The van der Waals surface area contributed by atoms with Crippen LogP contribution in [0.4, 0.5) is 17.6 Å². The molecule has 178 valence electrons. The molecule has 0 spiro atoms. The third-order valence-corrected chi connectivity index (χ3v) is 5.26. The molecule has 7 heteroatoms. The van der Waals surface area contributed by atoms with E-state index in [1.165, 1.54) is 12.2 Å². The van der Waals surface area contributed by atoms with E-state index < -0.39 is 29.4 Å². The Bertz CT molecular complexity index is 1140. The summed E-state index contributed by atoms with van der Waals surface area (Å²) < 4.78 is 57.8. The van der Waals surface area contributed by atoms with Gasteiger partial charge in [-0.15, -0.1) is 0 Å². The van der Waals surface area contributed by atoms with Crippen LogP contribution in [0.5, 0.6) is 0 Å². The van der Waals surface area contributed by atoms with E-state index in [-0.39, 0.29) is 18.1 Å². The topological polar surface area (TPSA) is 39.2 Å². The Hall–Kier alpha value is -3.48. The zero-order valence-electron chi connectivity index (χ0n) is 18.9. The molecule has 0 fully saturated rings. The summed E-state index contributed by atoms with van der Waals surface area (Å²) in [5.41, 5.74) is 1.45. The van der Waals surface area contributed by atoms with Crippen molar-refractivity contribution >= 4 is 12.0 Å². The van der Waals surface area contributed by atoms with Gasteiger partial charge in [-0.3, -0.25) is 9.78 Å². The molecule has 34 heavy (non-hydrogen) atoms. The van der Waals surface area contributed by atoms with Crippen molar-refractivity contribution in [3.8, 4) is 0 Å². The first-order valence-corrected chi connectivity index (χ1v) is 10.8. The molecule has 0 aliphatic heterocycles. The van der Waals surface area contributed by atoms with Crippen LogP contribution in [0, 0.1) is 17.7 Å². The van der Waals surface area contributed by atoms with Crippen LogP contribution < -0.4 is 0 Å². The van der Waals surface area contributed by atoms with E-state index in [1.54, 1.807) is 19.9 Å². The molecule has 0 N–H and O–H groups in total. The molecule has 3 rings (SSSR count). The second kappa shape index (κ2) is 11.1. The molecule has 0 aliphatic carbocycles. The van der Waals surface area contributed by atoms with Gasteiger partial charge in [0.15, 0.2) is 0 Å². The highest BCUT2D eigenvalue weighted by Gasteiger charge is 2.31. The van der Waals surface area contributed by atoms with Gasteiger partial charge in [-0.2, -0.15) is 13.2 Å². The summed E-state index contributed by atoms with van der Waals surface area (Å²) in [7, 11) is 0. The van der Waals surface area contributed by atoms with Crippen molar-refractivity contribution in [2.45, 2.75) is 33.1 Å². The number of halogens is 4. The zero-order valence-corrected chi connectivity index (χ0v) is 18.9. The normalized spacial score (nSPS) is 12.8. The Kier molecular flexibility index (Phi) is 8.21. The fraction of sp³-hybridized carbons (Fsp3) is 0.259. The molecule has 1 heterocycles. The number of aromatic nitrogens is 1. The molecule has 0 saturated heterocycles. The first kappa shape index (κ1) is 25.1. The van der Waals surface area contributed by atoms with Crippen molar-refractivity contribution in [3.63, 3.8) is 0 Å². The van der Waals surface area contributed by atoms with Gasteiger partial charge in [0.2, 0.25) is 0 Å². The molecule has 2 aromatic carbocycles. The highest BCUT2D eigenvalue weighted by Crippen LogP contribution is 2.30. The lowest BCUT2D eigenvalue weighted by Gasteiger charge is -2.16. The third kappa shape index (κ3) is 7.01. The predicted octanol–water partition coefficient (Wildman–Crippen LogP) is 6.86. The summed E-state index contributed by atoms with van der Waals surface area (Å²) in [6.45, 7) is 3.59. The Morgan fingerprint density at radius 2 is 1.71 bits per heavy atom. The van der Waals surface area contributed by atoms with Crippen LogP contribution in [0.1, 0.15) is 41.9 Å². The molecule has 0 bridgehead atoms. The van der Waals surface area contributed by atoms with Gasteiger partial charge in [-0.1, -0.05) is 68.5 Å². The highest BCUT2D eigenvalue weighted by molar-refractivity contribution is 5.76. The van der Waals surface area contributed by atoms with E-state index in [0.29, 0.717) is 18.2 Å². The molecular weight excluding hydrogens is 446 g/mol. The van der Waals surface area contributed by atoms with Crippen molar-refractivity contribution in [2.24, 2.45) is 11.8 Å². The molecule has 1 unspecified atom stereocenters. The summed E-state index contributed by atoms with van der Waals surface area (Å²) in [6.07, 6.45) is -1.21. The standard InChI is InChI=1S/C27H25F4NO2/c1-18(2)24(14-12-20-11-13-21(16-25(20)28)27(29,30)31)26(33)34-17-23-10-6-9-22(32-23)15-19-7-4-3-5-8-19/h3-14,16,18,24H,15,17H2,1-2H3. The van der Waals surface area contributed by atoms with Crippen LogP contribution in [0.25, 0.3) is 6.08 Å². The van der Waals surface area contributed by atoms with Gasteiger partial charge >= 0.3 is 12.1 Å². The fourth-order valence-corrected chi connectivity index (χ4v) is 3.37. The largest absolute Gasteiger partial charge is 0.459 e. The quantitative estimate of drug-likeness (QED) is 0.266. The minimum absolute atomic E-state index is 0.0207. The van der Waals surface area contributed by atoms with Crippen molar-refractivity contribution in [3.05, 3.63) is 107 Å². The maximum Gasteiger partial charge on any atom is 0.416 e. The maximum absolute atomic E-state index is 14.1. The lowest BCUT2D eigenvalue weighted by atomic mass is 9.94. The molecule has 0 aliphatic rings. The first-order chi connectivity index (χ1) is 16.1. The first-order valence-electron chi connectivity index (χ1n) is 10.8. The van der Waals surface area contributed by atoms with E-state index in [0.717, 1.165) is 23.4 Å². The number of hydrogen-bond donors (Lipinski definition) is 0. The maximum atomic E-state index is 14.1. The van der Waals surface area contributed by atoms with E-state index >= 15 is 0 Å². The van der Waals surface area contributed by atoms with Crippen LogP contribution >= 0.6 is 0 Å². The van der Waals surface area contributed by atoms with E-state index in [1.807, 2.05) is 42.5 Å². The highest BCUT2D eigenvalue weighted by atomic mass is 19.4. The predicted molar refractivity (Wildman–Crippen MR) is 122 cm³/mol. The van der Waals surface area contributed by atoms with Crippen molar-refractivity contribution < 1.29 is 27.1 Å². The van der Waals surface area contributed by atoms with Gasteiger partial charge < -0.3 is 4.74 Å². The summed E-state index contributed by atoms with van der Waals surface area (Å²) in [4.78, 5) is 17.2. The Morgan fingerprint density at radius 1 is 1.00 bits per heavy atom. The van der Waals surface area contributed by atoms with Crippen LogP contribution in [0.15, 0.2) is 72.8 Å². The molecule has 1 aromatic heterocycles. The SMILES string of the molecule is CC(C)C(C=Cc1ccc(C(F)(F)F)cc1F)C(=O)OCc1cccc(Cc2ccccc2)n1. The summed E-state index contributed by atoms with van der Waals surface area (Å²) in [5.74, 6) is -2.40. The number of ether oxygens (including phenoxy) is 1. The smallest absolute Gasteiger partial charge is 0.416 e. The summed E-state index contributed by atoms with van der Waals surface area (Å²) in [5, 5.41) is 0. The second-order valence-electron chi connectivity index (χ2n) is 8.25. The molecule has 0 saturated carbocycles. The second-order valence-corrected chi connectivity index (χ2v) is 8.25. The molecular formula is C27H25F4NO2. The Morgan fingerprint density at radius 3 is 2.35 bits per heavy atom. The number of pyridine rings is 1. The van der Waals surface area contributed by atoms with E-state index in [4.69, 9.17) is 4.74 Å². The number of benzene rings is 2. The Balaban J connectivity index is 1.65. The minimum atomic E-state index is -4.63. The van der Waals surface area contributed by atoms with Gasteiger partial charge in [-0.25, -0.2) is 4.39 Å². The van der Waals surface area contributed by atoms with Crippen LogP contribution in [0.3, 0.4) is 0 Å². The molecule has 1 atom stereocenters. The summed E-state index contributed by atoms with van der Waals surface area (Å²) >= 11 is 0. The molecule has 3 aromatic rings.